The summed E-state index contributed by atoms with van der Waals surface area (Å²) in [5.74, 6) is 0.133. The summed E-state index contributed by atoms with van der Waals surface area (Å²) in [4.78, 5) is 11.7. The predicted molar refractivity (Wildman–Crippen MR) is 62.5 cm³/mol. The smallest absolute Gasteiger partial charge is 0.225 e. The molecule has 0 saturated carbocycles. The van der Waals surface area contributed by atoms with E-state index >= 15 is 0 Å². The highest BCUT2D eigenvalue weighted by molar-refractivity contribution is 5.81. The van der Waals surface area contributed by atoms with Crippen molar-refractivity contribution in [3.63, 3.8) is 0 Å². The van der Waals surface area contributed by atoms with Gasteiger partial charge in [-0.3, -0.25) is 4.79 Å². The van der Waals surface area contributed by atoms with E-state index in [0.29, 0.717) is 6.54 Å². The monoisotopic (exact) mass is 215 g/mol. The minimum absolute atomic E-state index is 0.00549. The van der Waals surface area contributed by atoms with Crippen LogP contribution in [-0.4, -0.2) is 23.2 Å². The molecule has 0 saturated heterocycles. The summed E-state index contributed by atoms with van der Waals surface area (Å²) in [5.41, 5.74) is -1.19. The van der Waals surface area contributed by atoms with E-state index in [2.05, 4.69) is 5.32 Å². The van der Waals surface area contributed by atoms with Crippen molar-refractivity contribution in [3.8, 4) is 0 Å². The van der Waals surface area contributed by atoms with E-state index in [1.807, 2.05) is 34.6 Å². The van der Waals surface area contributed by atoms with Gasteiger partial charge in [0.25, 0.3) is 0 Å². The maximum absolute atomic E-state index is 11.7. The van der Waals surface area contributed by atoms with E-state index in [4.69, 9.17) is 0 Å². The van der Waals surface area contributed by atoms with Crippen molar-refractivity contribution in [1.29, 1.82) is 0 Å². The number of hydrogen-bond acceptors (Lipinski definition) is 2. The summed E-state index contributed by atoms with van der Waals surface area (Å²) < 4.78 is 0. The predicted octanol–water partition coefficient (Wildman–Crippen LogP) is 1.95. The largest absolute Gasteiger partial charge is 0.388 e. The second-order valence-electron chi connectivity index (χ2n) is 5.43. The van der Waals surface area contributed by atoms with Crippen molar-refractivity contribution < 1.29 is 9.90 Å². The molecule has 0 rings (SSSR count). The number of amides is 1. The van der Waals surface area contributed by atoms with E-state index in [1.165, 1.54) is 0 Å². The second-order valence-corrected chi connectivity index (χ2v) is 5.43. The van der Waals surface area contributed by atoms with E-state index in [-0.39, 0.29) is 17.2 Å². The molecule has 0 heterocycles. The van der Waals surface area contributed by atoms with Crippen LogP contribution >= 0.6 is 0 Å². The quantitative estimate of drug-likeness (QED) is 0.736. The normalized spacial score (nSPS) is 16.3. The van der Waals surface area contributed by atoms with Gasteiger partial charge in [0.05, 0.1) is 5.60 Å². The number of carbonyl (C=O) groups is 1. The number of rotatable bonds is 5. The van der Waals surface area contributed by atoms with Gasteiger partial charge in [-0.2, -0.15) is 0 Å². The van der Waals surface area contributed by atoms with Gasteiger partial charge >= 0.3 is 0 Å². The first kappa shape index (κ1) is 14.4. The fraction of sp³-hybridized carbons (Fsp3) is 0.917. The van der Waals surface area contributed by atoms with Crippen molar-refractivity contribution in [1.82, 2.24) is 5.32 Å². The zero-order chi connectivity index (χ0) is 12.3. The number of carbonyl (C=O) groups excluding carboxylic acids is 1. The molecular formula is C12H25NO2. The van der Waals surface area contributed by atoms with Crippen LogP contribution in [0.25, 0.3) is 0 Å². The molecule has 0 aromatic carbocycles. The van der Waals surface area contributed by atoms with Crippen molar-refractivity contribution in [2.45, 2.75) is 53.6 Å². The minimum atomic E-state index is -0.834. The number of hydrogen-bond donors (Lipinski definition) is 2. The van der Waals surface area contributed by atoms with Crippen molar-refractivity contribution in [3.05, 3.63) is 0 Å². The van der Waals surface area contributed by atoms with Crippen LogP contribution in [-0.2, 0) is 4.79 Å². The van der Waals surface area contributed by atoms with E-state index in [0.717, 1.165) is 6.42 Å². The molecule has 3 nitrogen and oxygen atoms in total. The highest BCUT2D eigenvalue weighted by Crippen LogP contribution is 2.20. The molecule has 1 amide bonds. The van der Waals surface area contributed by atoms with Crippen LogP contribution in [0.4, 0.5) is 0 Å². The summed E-state index contributed by atoms with van der Waals surface area (Å²) >= 11 is 0. The maximum atomic E-state index is 11.7. The fourth-order valence-corrected chi connectivity index (χ4v) is 0.863. The van der Waals surface area contributed by atoms with Gasteiger partial charge in [0, 0.05) is 12.0 Å². The molecule has 0 spiro atoms. The average molecular weight is 215 g/mol. The van der Waals surface area contributed by atoms with Gasteiger partial charge in [0.15, 0.2) is 0 Å². The molecule has 0 aliphatic rings. The molecule has 3 heteroatoms. The second kappa shape index (κ2) is 4.97. The fourth-order valence-electron chi connectivity index (χ4n) is 0.863. The van der Waals surface area contributed by atoms with Gasteiger partial charge in [0.1, 0.15) is 0 Å². The molecule has 90 valence electrons. The Morgan fingerprint density at radius 1 is 1.33 bits per heavy atom. The van der Waals surface area contributed by atoms with Crippen LogP contribution in [0.15, 0.2) is 0 Å². The molecule has 0 bridgehead atoms. The summed E-state index contributed by atoms with van der Waals surface area (Å²) in [6.45, 7) is 11.7. The van der Waals surface area contributed by atoms with Crippen LogP contribution < -0.4 is 5.32 Å². The van der Waals surface area contributed by atoms with Gasteiger partial charge in [-0.25, -0.2) is 0 Å². The molecule has 1 atom stereocenters. The first-order valence-electron chi connectivity index (χ1n) is 5.64. The van der Waals surface area contributed by atoms with Gasteiger partial charge in [-0.15, -0.1) is 0 Å². The average Bonchev–Trinajstić information content (AvgIpc) is 2.13. The molecule has 2 N–H and O–H groups in total. The molecule has 15 heavy (non-hydrogen) atoms. The lowest BCUT2D eigenvalue weighted by Crippen LogP contribution is -2.47. The molecule has 0 radical (unpaired) electrons. The number of aliphatic hydroxyl groups is 1. The topological polar surface area (TPSA) is 49.3 Å². The minimum Gasteiger partial charge on any atom is -0.388 e. The summed E-state index contributed by atoms with van der Waals surface area (Å²) in [6.07, 6.45) is 0.794. The highest BCUT2D eigenvalue weighted by atomic mass is 16.3. The lowest BCUT2D eigenvalue weighted by atomic mass is 9.88. The Hall–Kier alpha value is -0.570. The SMILES string of the molecule is CCC(C)(C)C(=O)NCC(C)(O)C(C)C. The van der Waals surface area contributed by atoms with Crippen LogP contribution in [0.2, 0.25) is 0 Å². The van der Waals surface area contributed by atoms with Crippen LogP contribution in [0.1, 0.15) is 48.0 Å². The van der Waals surface area contributed by atoms with Crippen molar-refractivity contribution in [2.24, 2.45) is 11.3 Å². The summed E-state index contributed by atoms with van der Waals surface area (Å²) in [5, 5.41) is 12.8. The molecule has 0 aromatic rings. The third-order valence-electron chi connectivity index (χ3n) is 3.35. The van der Waals surface area contributed by atoms with E-state index < -0.39 is 5.60 Å². The lowest BCUT2D eigenvalue weighted by Gasteiger charge is -2.30. The third kappa shape index (κ3) is 4.20. The Kier molecular flexibility index (Phi) is 4.78. The Balaban J connectivity index is 4.24. The van der Waals surface area contributed by atoms with Gasteiger partial charge in [0.2, 0.25) is 5.91 Å². The molecule has 0 fully saturated rings. The first-order chi connectivity index (χ1) is 6.63. The van der Waals surface area contributed by atoms with Gasteiger partial charge in [-0.1, -0.05) is 34.6 Å². The molecule has 1 unspecified atom stereocenters. The zero-order valence-corrected chi connectivity index (χ0v) is 10.8. The first-order valence-corrected chi connectivity index (χ1v) is 5.64. The maximum Gasteiger partial charge on any atom is 0.225 e. The molecular weight excluding hydrogens is 190 g/mol. The third-order valence-corrected chi connectivity index (χ3v) is 3.35. The molecule has 0 aliphatic carbocycles. The van der Waals surface area contributed by atoms with Crippen molar-refractivity contribution in [2.75, 3.05) is 6.54 Å². The highest BCUT2D eigenvalue weighted by Gasteiger charge is 2.29. The molecule has 0 aliphatic heterocycles. The standard InChI is InChI=1S/C12H25NO2/c1-7-11(4,5)10(14)13-8-12(6,15)9(2)3/h9,15H,7-8H2,1-6H3,(H,13,14). The van der Waals surface area contributed by atoms with Gasteiger partial charge in [-0.05, 0) is 19.3 Å². The summed E-state index contributed by atoms with van der Waals surface area (Å²) in [6, 6.07) is 0. The zero-order valence-electron chi connectivity index (χ0n) is 10.8. The summed E-state index contributed by atoms with van der Waals surface area (Å²) in [7, 11) is 0. The Morgan fingerprint density at radius 2 is 1.80 bits per heavy atom. The molecule has 0 aromatic heterocycles. The Morgan fingerprint density at radius 3 is 2.13 bits per heavy atom. The van der Waals surface area contributed by atoms with E-state index in [9.17, 15) is 9.90 Å². The van der Waals surface area contributed by atoms with Crippen molar-refractivity contribution >= 4 is 5.91 Å². The van der Waals surface area contributed by atoms with Crippen LogP contribution in [0, 0.1) is 11.3 Å². The Bertz CT molecular complexity index is 220. The lowest BCUT2D eigenvalue weighted by molar-refractivity contribution is -0.131. The van der Waals surface area contributed by atoms with Crippen LogP contribution in [0.3, 0.4) is 0 Å². The van der Waals surface area contributed by atoms with E-state index in [1.54, 1.807) is 6.92 Å². The Labute approximate surface area is 93.3 Å². The number of nitrogens with one attached hydrogen (secondary N) is 1. The van der Waals surface area contributed by atoms with Gasteiger partial charge < -0.3 is 10.4 Å². The van der Waals surface area contributed by atoms with Crippen LogP contribution in [0.5, 0.6) is 0 Å².